The smallest absolute Gasteiger partial charge is 0.253 e. The van der Waals surface area contributed by atoms with Crippen molar-refractivity contribution in [1.29, 1.82) is 0 Å². The van der Waals surface area contributed by atoms with E-state index in [9.17, 15) is 9.18 Å². The first kappa shape index (κ1) is 18.4. The summed E-state index contributed by atoms with van der Waals surface area (Å²) in [7, 11) is 0. The first-order chi connectivity index (χ1) is 13.7. The number of hydrogen-bond donors (Lipinski definition) is 0. The highest BCUT2D eigenvalue weighted by Gasteiger charge is 2.27. The molecule has 1 saturated heterocycles. The molecule has 4 rings (SSSR count). The maximum Gasteiger partial charge on any atom is 0.253 e. The molecule has 2 heterocycles. The normalized spacial score (nSPS) is 15.0. The molecule has 1 aliphatic rings. The summed E-state index contributed by atoms with van der Waals surface area (Å²) in [5, 5.41) is 0. The molecule has 1 amide bonds. The molecule has 1 aromatic heterocycles. The van der Waals surface area contributed by atoms with E-state index < -0.39 is 0 Å². The molecule has 0 aliphatic carbocycles. The Morgan fingerprint density at radius 1 is 1.14 bits per heavy atom. The predicted molar refractivity (Wildman–Crippen MR) is 108 cm³/mol. The van der Waals surface area contributed by atoms with Crippen LogP contribution in [0.25, 0.3) is 11.1 Å². The fraction of sp³-hybridized carbons (Fsp3) is 0.304. The molecule has 0 saturated carbocycles. The number of likely N-dealkylation sites (tertiary alicyclic amines) is 1. The lowest BCUT2D eigenvalue weighted by Crippen LogP contribution is -2.38. The lowest BCUT2D eigenvalue weighted by Gasteiger charge is -2.32. The number of amides is 1. The number of carbonyl (C=O) groups is 1. The Bertz CT molecular complexity index is 973. The van der Waals surface area contributed by atoms with Crippen LogP contribution in [0.4, 0.5) is 4.39 Å². The van der Waals surface area contributed by atoms with Crippen LogP contribution in [0.3, 0.4) is 0 Å². The number of nitrogens with zero attached hydrogens (tertiary/aromatic N) is 3. The molecule has 1 aliphatic heterocycles. The second kappa shape index (κ2) is 7.97. The van der Waals surface area contributed by atoms with Crippen LogP contribution in [-0.2, 0) is 6.54 Å². The van der Waals surface area contributed by atoms with Crippen molar-refractivity contribution in [3.63, 3.8) is 0 Å². The van der Waals surface area contributed by atoms with Crippen LogP contribution >= 0.6 is 0 Å². The average molecular weight is 377 g/mol. The highest BCUT2D eigenvalue weighted by atomic mass is 19.1. The summed E-state index contributed by atoms with van der Waals surface area (Å²) in [5.74, 6) is 1.25. The average Bonchev–Trinajstić information content (AvgIpc) is 3.23. The van der Waals surface area contributed by atoms with Gasteiger partial charge in [0.2, 0.25) is 0 Å². The van der Waals surface area contributed by atoms with Crippen LogP contribution in [0.2, 0.25) is 0 Å². The number of halogens is 1. The van der Waals surface area contributed by atoms with Crippen LogP contribution in [0.1, 0.15) is 41.9 Å². The maximum atomic E-state index is 14.1. The number of aryl methyl sites for hydroxylation is 1. The number of hydrogen-bond acceptors (Lipinski definition) is 2. The summed E-state index contributed by atoms with van der Waals surface area (Å²) in [4.78, 5) is 19.4. The number of benzene rings is 2. The first-order valence-corrected chi connectivity index (χ1v) is 9.82. The SMILES string of the molecule is CCn1ccnc1C1CCN(C(=O)c2cccc(-c3ccccc3F)c2)CC1. The molecule has 3 aromatic rings. The number of aromatic nitrogens is 2. The molecule has 28 heavy (non-hydrogen) atoms. The highest BCUT2D eigenvalue weighted by molar-refractivity contribution is 5.95. The van der Waals surface area contributed by atoms with Crippen molar-refractivity contribution in [2.75, 3.05) is 13.1 Å². The van der Waals surface area contributed by atoms with Crippen molar-refractivity contribution >= 4 is 5.91 Å². The van der Waals surface area contributed by atoms with Gasteiger partial charge in [0.15, 0.2) is 0 Å². The van der Waals surface area contributed by atoms with Crippen molar-refractivity contribution in [1.82, 2.24) is 14.5 Å². The fourth-order valence-corrected chi connectivity index (χ4v) is 3.99. The van der Waals surface area contributed by atoms with E-state index in [1.54, 1.807) is 24.3 Å². The molecule has 0 unspecified atom stereocenters. The molecule has 0 atom stereocenters. The molecular weight excluding hydrogens is 353 g/mol. The van der Waals surface area contributed by atoms with E-state index in [0.29, 0.717) is 30.1 Å². The Balaban J connectivity index is 1.47. The van der Waals surface area contributed by atoms with Gasteiger partial charge >= 0.3 is 0 Å². The zero-order valence-electron chi connectivity index (χ0n) is 16.0. The Morgan fingerprint density at radius 3 is 2.68 bits per heavy atom. The van der Waals surface area contributed by atoms with Crippen molar-refractivity contribution < 1.29 is 9.18 Å². The van der Waals surface area contributed by atoms with Crippen LogP contribution in [0, 0.1) is 5.82 Å². The van der Waals surface area contributed by atoms with E-state index in [0.717, 1.165) is 30.8 Å². The Morgan fingerprint density at radius 2 is 1.93 bits per heavy atom. The number of piperidine rings is 1. The topological polar surface area (TPSA) is 38.1 Å². The van der Waals surface area contributed by atoms with E-state index >= 15 is 0 Å². The number of carbonyl (C=O) groups excluding carboxylic acids is 1. The molecule has 4 nitrogen and oxygen atoms in total. The molecule has 0 spiro atoms. The van der Waals surface area contributed by atoms with Gasteiger partial charge in [-0.25, -0.2) is 9.37 Å². The third-order valence-corrected chi connectivity index (χ3v) is 5.53. The molecule has 0 radical (unpaired) electrons. The quantitative estimate of drug-likeness (QED) is 0.659. The van der Waals surface area contributed by atoms with Gasteiger partial charge in [0, 0.05) is 49.1 Å². The molecule has 2 aromatic carbocycles. The molecule has 1 fully saturated rings. The summed E-state index contributed by atoms with van der Waals surface area (Å²) in [5.41, 5.74) is 1.85. The van der Waals surface area contributed by atoms with Gasteiger partial charge in [0.1, 0.15) is 11.6 Å². The summed E-state index contributed by atoms with van der Waals surface area (Å²) in [6, 6.07) is 13.9. The lowest BCUT2D eigenvalue weighted by atomic mass is 9.95. The maximum absolute atomic E-state index is 14.1. The second-order valence-corrected chi connectivity index (χ2v) is 7.20. The van der Waals surface area contributed by atoms with Crippen molar-refractivity contribution in [3.05, 3.63) is 78.1 Å². The molecule has 0 bridgehead atoms. The summed E-state index contributed by atoms with van der Waals surface area (Å²) < 4.78 is 16.3. The fourth-order valence-electron chi connectivity index (χ4n) is 3.99. The van der Waals surface area contributed by atoms with Gasteiger partial charge in [-0.15, -0.1) is 0 Å². The van der Waals surface area contributed by atoms with Crippen LogP contribution < -0.4 is 0 Å². The summed E-state index contributed by atoms with van der Waals surface area (Å²) in [6.07, 6.45) is 5.69. The monoisotopic (exact) mass is 377 g/mol. The molecular formula is C23H24FN3O. The van der Waals surface area contributed by atoms with Crippen molar-refractivity contribution in [2.24, 2.45) is 0 Å². The zero-order valence-corrected chi connectivity index (χ0v) is 16.0. The minimum atomic E-state index is -0.278. The first-order valence-electron chi connectivity index (χ1n) is 9.82. The van der Waals surface area contributed by atoms with Crippen molar-refractivity contribution in [2.45, 2.75) is 32.2 Å². The van der Waals surface area contributed by atoms with Gasteiger partial charge in [-0.1, -0.05) is 30.3 Å². The van der Waals surface area contributed by atoms with E-state index in [-0.39, 0.29) is 11.7 Å². The molecule has 5 heteroatoms. The number of rotatable bonds is 4. The van der Waals surface area contributed by atoms with E-state index in [2.05, 4.69) is 16.5 Å². The highest BCUT2D eigenvalue weighted by Crippen LogP contribution is 2.29. The molecule has 0 N–H and O–H groups in total. The summed E-state index contributed by atoms with van der Waals surface area (Å²) in [6.45, 7) is 4.46. The van der Waals surface area contributed by atoms with Crippen LogP contribution in [0.15, 0.2) is 60.9 Å². The predicted octanol–water partition coefficient (Wildman–Crippen LogP) is 4.73. The third kappa shape index (κ3) is 3.57. The van der Waals surface area contributed by atoms with E-state index in [1.807, 2.05) is 35.5 Å². The van der Waals surface area contributed by atoms with Gasteiger partial charge in [-0.2, -0.15) is 0 Å². The summed E-state index contributed by atoms with van der Waals surface area (Å²) >= 11 is 0. The van der Waals surface area contributed by atoms with Gasteiger partial charge in [-0.05, 0) is 43.5 Å². The Labute approximate surface area is 164 Å². The van der Waals surface area contributed by atoms with Crippen LogP contribution in [-0.4, -0.2) is 33.4 Å². The largest absolute Gasteiger partial charge is 0.339 e. The third-order valence-electron chi connectivity index (χ3n) is 5.53. The zero-order chi connectivity index (χ0) is 19.5. The number of imidazole rings is 1. The van der Waals surface area contributed by atoms with E-state index in [1.165, 1.54) is 6.07 Å². The van der Waals surface area contributed by atoms with Gasteiger partial charge in [0.05, 0.1) is 0 Å². The Hall–Kier alpha value is -2.95. The second-order valence-electron chi connectivity index (χ2n) is 7.20. The van der Waals surface area contributed by atoms with Gasteiger partial charge < -0.3 is 9.47 Å². The lowest BCUT2D eigenvalue weighted by molar-refractivity contribution is 0.0710. The van der Waals surface area contributed by atoms with E-state index in [4.69, 9.17) is 0 Å². The minimum Gasteiger partial charge on any atom is -0.339 e. The molecule has 144 valence electrons. The van der Waals surface area contributed by atoms with Crippen molar-refractivity contribution in [3.8, 4) is 11.1 Å². The standard InChI is InChI=1S/C23H24FN3O/c1-2-26-15-12-25-22(26)17-10-13-27(14-11-17)23(28)19-7-5-6-18(16-19)20-8-3-4-9-21(20)24/h3-9,12,15-17H,2,10-11,13-14H2,1H3. The minimum absolute atomic E-state index is 0.00970. The van der Waals surface area contributed by atoms with Crippen LogP contribution in [0.5, 0.6) is 0 Å². The van der Waals surface area contributed by atoms with Gasteiger partial charge in [-0.3, -0.25) is 4.79 Å². The van der Waals surface area contributed by atoms with Gasteiger partial charge in [0.25, 0.3) is 5.91 Å². The Kier molecular flexibility index (Phi) is 5.24.